The second-order valence-electron chi connectivity index (χ2n) is 5.36. The summed E-state index contributed by atoms with van der Waals surface area (Å²) in [4.78, 5) is 27.0. The van der Waals surface area contributed by atoms with Crippen LogP contribution in [0.25, 0.3) is 11.3 Å². The molecule has 0 saturated heterocycles. The molecule has 0 unspecified atom stereocenters. The topological polar surface area (TPSA) is 97.0 Å². The van der Waals surface area contributed by atoms with Crippen molar-refractivity contribution >= 4 is 35.0 Å². The Bertz CT molecular complexity index is 1010. The predicted octanol–water partition coefficient (Wildman–Crippen LogP) is 3.22. The molecule has 0 atom stereocenters. The summed E-state index contributed by atoms with van der Waals surface area (Å²) in [7, 11) is 1.50. The van der Waals surface area contributed by atoms with Crippen LogP contribution in [0.15, 0.2) is 58.5 Å². The van der Waals surface area contributed by atoms with Gasteiger partial charge in [-0.2, -0.15) is 0 Å². The highest BCUT2D eigenvalue weighted by Gasteiger charge is 2.11. The number of nitrogens with one attached hydrogen (secondary N) is 2. The minimum absolute atomic E-state index is 0.0327. The fraction of sp³-hybridized carbons (Fsp3) is 0.111. The number of methoxy groups -OCH3 is 1. The number of carbonyl (C=O) groups excluding carboxylic acids is 1. The van der Waals surface area contributed by atoms with Crippen molar-refractivity contribution in [2.75, 3.05) is 18.2 Å². The normalized spacial score (nSPS) is 10.4. The zero-order valence-electron chi connectivity index (χ0n) is 14.2. The van der Waals surface area contributed by atoms with E-state index in [1.54, 1.807) is 30.3 Å². The third kappa shape index (κ3) is 4.87. The average molecular weight is 403 g/mol. The Kier molecular flexibility index (Phi) is 6.10. The highest BCUT2D eigenvalue weighted by Crippen LogP contribution is 2.28. The second kappa shape index (κ2) is 8.70. The zero-order valence-corrected chi connectivity index (χ0v) is 15.8. The molecule has 0 fully saturated rings. The summed E-state index contributed by atoms with van der Waals surface area (Å²) in [5, 5.41) is 11.4. The number of hydrogen-bond acceptors (Lipinski definition) is 6. The standard InChI is InChI=1S/C18H15ClN4O3S/c1-26-14-8-7-12(19)9-13(14)20-15(24)10-27-18-21-17(25)16(22-23-18)11-5-3-2-4-6-11/h2-9H,10H2,1H3,(H,20,24)(H,21,23,25). The van der Waals surface area contributed by atoms with E-state index in [1.807, 2.05) is 18.2 Å². The van der Waals surface area contributed by atoms with Gasteiger partial charge in [0.15, 0.2) is 10.9 Å². The highest BCUT2D eigenvalue weighted by atomic mass is 35.5. The number of anilines is 1. The molecular weight excluding hydrogens is 388 g/mol. The van der Waals surface area contributed by atoms with Crippen LogP contribution in [0, 0.1) is 0 Å². The summed E-state index contributed by atoms with van der Waals surface area (Å²) in [6, 6.07) is 14.0. The number of benzene rings is 2. The van der Waals surface area contributed by atoms with Gasteiger partial charge in [-0.15, -0.1) is 10.2 Å². The van der Waals surface area contributed by atoms with Crippen molar-refractivity contribution in [3.05, 3.63) is 63.9 Å². The van der Waals surface area contributed by atoms with E-state index in [0.717, 1.165) is 11.8 Å². The maximum absolute atomic E-state index is 12.2. The van der Waals surface area contributed by atoms with Crippen molar-refractivity contribution < 1.29 is 9.53 Å². The molecule has 3 aromatic rings. The van der Waals surface area contributed by atoms with Crippen molar-refractivity contribution in [2.45, 2.75) is 5.16 Å². The van der Waals surface area contributed by atoms with Crippen molar-refractivity contribution in [1.29, 1.82) is 0 Å². The zero-order chi connectivity index (χ0) is 19.2. The van der Waals surface area contributed by atoms with Crippen LogP contribution in [-0.2, 0) is 4.79 Å². The summed E-state index contributed by atoms with van der Waals surface area (Å²) >= 11 is 7.01. The van der Waals surface area contributed by atoms with Crippen molar-refractivity contribution in [3.63, 3.8) is 0 Å². The molecule has 7 nitrogen and oxygen atoms in total. The number of carbonyl (C=O) groups is 1. The van der Waals surface area contributed by atoms with Gasteiger partial charge >= 0.3 is 0 Å². The number of nitrogens with zero attached hydrogens (tertiary/aromatic N) is 2. The molecule has 1 amide bonds. The van der Waals surface area contributed by atoms with Crippen LogP contribution in [0.1, 0.15) is 0 Å². The number of halogens is 1. The number of ether oxygens (including phenoxy) is 1. The van der Waals surface area contributed by atoms with Crippen LogP contribution >= 0.6 is 23.4 Å². The minimum Gasteiger partial charge on any atom is -0.495 e. The second-order valence-corrected chi connectivity index (χ2v) is 6.76. The lowest BCUT2D eigenvalue weighted by Gasteiger charge is -2.10. The fourth-order valence-corrected chi connectivity index (χ4v) is 3.05. The van der Waals surface area contributed by atoms with E-state index in [2.05, 4.69) is 20.5 Å². The molecule has 138 valence electrons. The minimum atomic E-state index is -0.365. The number of H-pyrrole nitrogens is 1. The number of aromatic nitrogens is 3. The molecule has 9 heteroatoms. The number of hydrogen-bond donors (Lipinski definition) is 2. The van der Waals surface area contributed by atoms with E-state index in [4.69, 9.17) is 16.3 Å². The van der Waals surface area contributed by atoms with Crippen LogP contribution in [0.2, 0.25) is 5.02 Å². The molecule has 2 aromatic carbocycles. The summed E-state index contributed by atoms with van der Waals surface area (Å²) in [5.74, 6) is 0.235. The first kappa shape index (κ1) is 18.9. The Hall–Kier alpha value is -2.84. The lowest BCUT2D eigenvalue weighted by Crippen LogP contribution is -2.17. The van der Waals surface area contributed by atoms with Crippen LogP contribution < -0.4 is 15.6 Å². The Balaban J connectivity index is 1.65. The molecule has 0 aliphatic carbocycles. The van der Waals surface area contributed by atoms with Gasteiger partial charge in [0, 0.05) is 10.6 Å². The summed E-state index contributed by atoms with van der Waals surface area (Å²) in [5.41, 5.74) is 1.01. The third-order valence-electron chi connectivity index (χ3n) is 3.50. The molecule has 2 N–H and O–H groups in total. The van der Waals surface area contributed by atoms with Gasteiger partial charge in [-0.05, 0) is 18.2 Å². The Labute approximate surface area is 164 Å². The Morgan fingerprint density at radius 1 is 1.22 bits per heavy atom. The summed E-state index contributed by atoms with van der Waals surface area (Å²) < 4.78 is 5.18. The molecule has 0 bridgehead atoms. The number of aromatic amines is 1. The highest BCUT2D eigenvalue weighted by molar-refractivity contribution is 7.99. The Morgan fingerprint density at radius 2 is 2.00 bits per heavy atom. The maximum Gasteiger partial charge on any atom is 0.278 e. The number of rotatable bonds is 6. The largest absolute Gasteiger partial charge is 0.495 e. The quantitative estimate of drug-likeness (QED) is 0.614. The lowest BCUT2D eigenvalue weighted by molar-refractivity contribution is -0.113. The molecule has 0 aliphatic heterocycles. The molecule has 1 heterocycles. The van der Waals surface area contributed by atoms with Gasteiger partial charge in [-0.25, -0.2) is 0 Å². The molecule has 0 aliphatic rings. The maximum atomic E-state index is 12.2. The van der Waals surface area contributed by atoms with Gasteiger partial charge < -0.3 is 10.1 Å². The molecule has 0 saturated carbocycles. The van der Waals surface area contributed by atoms with Crippen molar-refractivity contribution in [3.8, 4) is 17.0 Å². The van der Waals surface area contributed by atoms with Gasteiger partial charge in [0.2, 0.25) is 5.91 Å². The first-order valence-electron chi connectivity index (χ1n) is 7.85. The lowest BCUT2D eigenvalue weighted by atomic mass is 10.2. The van der Waals surface area contributed by atoms with Crippen LogP contribution in [0.3, 0.4) is 0 Å². The van der Waals surface area contributed by atoms with Gasteiger partial charge in [-0.3, -0.25) is 14.6 Å². The van der Waals surface area contributed by atoms with E-state index >= 15 is 0 Å². The van der Waals surface area contributed by atoms with Crippen LogP contribution in [-0.4, -0.2) is 34.0 Å². The molecular formula is C18H15ClN4O3S. The van der Waals surface area contributed by atoms with Gasteiger partial charge in [-0.1, -0.05) is 53.7 Å². The van der Waals surface area contributed by atoms with Crippen LogP contribution in [0.5, 0.6) is 5.75 Å². The molecule has 0 spiro atoms. The molecule has 27 heavy (non-hydrogen) atoms. The molecule has 1 aromatic heterocycles. The van der Waals surface area contributed by atoms with Crippen molar-refractivity contribution in [2.24, 2.45) is 0 Å². The first-order valence-corrected chi connectivity index (χ1v) is 9.22. The van der Waals surface area contributed by atoms with E-state index < -0.39 is 0 Å². The summed E-state index contributed by atoms with van der Waals surface area (Å²) in [6.07, 6.45) is 0. The van der Waals surface area contributed by atoms with Gasteiger partial charge in [0.25, 0.3) is 5.56 Å². The molecule has 3 rings (SSSR count). The number of amides is 1. The Morgan fingerprint density at radius 3 is 2.70 bits per heavy atom. The van der Waals surface area contributed by atoms with E-state index in [-0.39, 0.29) is 28.1 Å². The monoisotopic (exact) mass is 402 g/mol. The van der Waals surface area contributed by atoms with Crippen molar-refractivity contribution in [1.82, 2.24) is 15.2 Å². The molecule has 0 radical (unpaired) electrons. The van der Waals surface area contributed by atoms with Crippen LogP contribution in [0.4, 0.5) is 5.69 Å². The number of thioether (sulfide) groups is 1. The van der Waals surface area contributed by atoms with Gasteiger partial charge in [0.05, 0.1) is 18.6 Å². The summed E-state index contributed by atoms with van der Waals surface area (Å²) in [6.45, 7) is 0. The smallest absolute Gasteiger partial charge is 0.278 e. The average Bonchev–Trinajstić information content (AvgIpc) is 2.67. The van der Waals surface area contributed by atoms with Gasteiger partial charge in [0.1, 0.15) is 5.75 Å². The van der Waals surface area contributed by atoms with E-state index in [0.29, 0.717) is 22.0 Å². The first-order chi connectivity index (χ1) is 13.1. The van der Waals surface area contributed by atoms with E-state index in [1.165, 1.54) is 7.11 Å². The van der Waals surface area contributed by atoms with E-state index in [9.17, 15) is 9.59 Å². The SMILES string of the molecule is COc1ccc(Cl)cc1NC(=O)CSc1nnc(-c2ccccc2)c(=O)[nH]1. The fourth-order valence-electron chi connectivity index (χ4n) is 2.27. The predicted molar refractivity (Wildman–Crippen MR) is 105 cm³/mol. The third-order valence-corrected chi connectivity index (χ3v) is 4.60.